The predicted molar refractivity (Wildman–Crippen MR) is 128 cm³/mol. The van der Waals surface area contributed by atoms with Crippen molar-refractivity contribution in [1.29, 1.82) is 0 Å². The molecule has 1 saturated heterocycles. The van der Waals surface area contributed by atoms with Crippen molar-refractivity contribution in [3.63, 3.8) is 0 Å². The van der Waals surface area contributed by atoms with Gasteiger partial charge >= 0.3 is 6.03 Å². The first kappa shape index (κ1) is 22.4. The van der Waals surface area contributed by atoms with Gasteiger partial charge in [-0.3, -0.25) is 4.90 Å². The second kappa shape index (κ2) is 10.7. The molecule has 6 heteroatoms. The highest BCUT2D eigenvalue weighted by Gasteiger charge is 2.35. The first-order valence-electron chi connectivity index (χ1n) is 11.3. The molecule has 166 valence electrons. The fourth-order valence-electron chi connectivity index (χ4n) is 5.03. The summed E-state index contributed by atoms with van der Waals surface area (Å²) in [6, 6.07) is 16.4. The van der Waals surface area contributed by atoms with Crippen LogP contribution in [-0.2, 0) is 13.0 Å². The Hall–Kier alpha value is -1.75. The van der Waals surface area contributed by atoms with Gasteiger partial charge in [-0.05, 0) is 86.9 Å². The number of rotatable bonds is 6. The number of nitrogens with one attached hydrogen (secondary N) is 2. The highest BCUT2D eigenvalue weighted by Crippen LogP contribution is 2.30. The summed E-state index contributed by atoms with van der Waals surface area (Å²) in [6.45, 7) is 2.67. The van der Waals surface area contributed by atoms with Crippen molar-refractivity contribution in [1.82, 2.24) is 15.5 Å². The van der Waals surface area contributed by atoms with E-state index in [4.69, 9.17) is 23.2 Å². The average Bonchev–Trinajstić information content (AvgIpc) is 3.23. The number of urea groups is 1. The second-order valence-corrected chi connectivity index (χ2v) is 9.68. The van der Waals surface area contributed by atoms with Gasteiger partial charge in [-0.1, -0.05) is 53.5 Å². The van der Waals surface area contributed by atoms with Crippen molar-refractivity contribution in [2.45, 2.75) is 57.2 Å². The Morgan fingerprint density at radius 3 is 2.45 bits per heavy atom. The third-order valence-corrected chi connectivity index (χ3v) is 7.37. The summed E-state index contributed by atoms with van der Waals surface area (Å²) in [4.78, 5) is 15.1. The number of halogens is 2. The van der Waals surface area contributed by atoms with Gasteiger partial charge in [-0.2, -0.15) is 0 Å². The molecule has 0 unspecified atom stereocenters. The average molecular weight is 460 g/mol. The lowest BCUT2D eigenvalue weighted by Gasteiger charge is -2.38. The topological polar surface area (TPSA) is 44.4 Å². The maximum Gasteiger partial charge on any atom is 0.315 e. The van der Waals surface area contributed by atoms with Crippen LogP contribution in [0.5, 0.6) is 0 Å². The minimum Gasteiger partial charge on any atom is -0.334 e. The quantitative estimate of drug-likeness (QED) is 0.584. The van der Waals surface area contributed by atoms with Crippen LogP contribution in [0.15, 0.2) is 48.5 Å². The maximum atomic E-state index is 12.5. The Bertz CT molecular complexity index is 865. The number of piperidine rings is 1. The number of likely N-dealkylation sites (tertiary alicyclic amines) is 1. The van der Waals surface area contributed by atoms with Gasteiger partial charge in [0.1, 0.15) is 0 Å². The highest BCUT2D eigenvalue weighted by molar-refractivity contribution is 6.31. The molecule has 4 rings (SSSR count). The molecule has 1 saturated carbocycles. The lowest BCUT2D eigenvalue weighted by molar-refractivity contribution is 0.118. The van der Waals surface area contributed by atoms with E-state index in [1.807, 2.05) is 36.4 Å². The fraction of sp³-hybridized carbons (Fsp3) is 0.480. The van der Waals surface area contributed by atoms with E-state index in [1.165, 1.54) is 24.8 Å². The first-order chi connectivity index (χ1) is 15.1. The van der Waals surface area contributed by atoms with E-state index in [9.17, 15) is 4.79 Å². The van der Waals surface area contributed by atoms with E-state index in [0.29, 0.717) is 17.6 Å². The highest BCUT2D eigenvalue weighted by atomic mass is 35.5. The van der Waals surface area contributed by atoms with Crippen molar-refractivity contribution in [3.8, 4) is 0 Å². The fourth-order valence-corrected chi connectivity index (χ4v) is 5.35. The Kier molecular flexibility index (Phi) is 7.76. The van der Waals surface area contributed by atoms with Gasteiger partial charge in [-0.25, -0.2) is 4.79 Å². The molecule has 2 fully saturated rings. The van der Waals surface area contributed by atoms with Gasteiger partial charge < -0.3 is 10.6 Å². The molecule has 2 N–H and O–H groups in total. The Balaban J connectivity index is 1.23. The van der Waals surface area contributed by atoms with Crippen LogP contribution in [0, 0.1) is 5.92 Å². The lowest BCUT2D eigenvalue weighted by atomic mass is 9.89. The summed E-state index contributed by atoms with van der Waals surface area (Å²) in [5.41, 5.74) is 2.31. The molecule has 2 aliphatic rings. The zero-order chi connectivity index (χ0) is 21.6. The van der Waals surface area contributed by atoms with E-state index in [1.54, 1.807) is 0 Å². The zero-order valence-corrected chi connectivity index (χ0v) is 19.3. The van der Waals surface area contributed by atoms with Crippen LogP contribution in [-0.4, -0.2) is 36.1 Å². The molecular formula is C25H31Cl2N3O. The molecule has 0 radical (unpaired) electrons. The van der Waals surface area contributed by atoms with Gasteiger partial charge in [0.15, 0.2) is 0 Å². The molecule has 0 bridgehead atoms. The molecule has 2 amide bonds. The van der Waals surface area contributed by atoms with Gasteiger partial charge in [-0.15, -0.1) is 0 Å². The molecule has 1 heterocycles. The number of amides is 2. The van der Waals surface area contributed by atoms with Gasteiger partial charge in [0.25, 0.3) is 0 Å². The minimum absolute atomic E-state index is 0.102. The van der Waals surface area contributed by atoms with Crippen LogP contribution in [0.3, 0.4) is 0 Å². The van der Waals surface area contributed by atoms with Crippen LogP contribution in [0.1, 0.15) is 43.2 Å². The third kappa shape index (κ3) is 6.15. The van der Waals surface area contributed by atoms with Crippen molar-refractivity contribution >= 4 is 29.2 Å². The zero-order valence-electron chi connectivity index (χ0n) is 17.8. The normalized spacial score (nSPS) is 22.4. The van der Waals surface area contributed by atoms with E-state index in [0.717, 1.165) is 48.9 Å². The summed E-state index contributed by atoms with van der Waals surface area (Å²) in [7, 11) is 0. The molecule has 1 aliphatic heterocycles. The molecule has 2 aromatic carbocycles. The van der Waals surface area contributed by atoms with Crippen LogP contribution >= 0.6 is 23.2 Å². The van der Waals surface area contributed by atoms with Crippen molar-refractivity contribution in [2.75, 3.05) is 13.1 Å². The number of nitrogens with zero attached hydrogens (tertiary/aromatic N) is 1. The monoisotopic (exact) mass is 459 g/mol. The number of carbonyl (C=O) groups is 1. The molecule has 0 aromatic heterocycles. The predicted octanol–water partition coefficient (Wildman–Crippen LogP) is 5.67. The van der Waals surface area contributed by atoms with E-state index >= 15 is 0 Å². The summed E-state index contributed by atoms with van der Waals surface area (Å²) in [5.74, 6) is 0.726. The van der Waals surface area contributed by atoms with Crippen LogP contribution in [0.2, 0.25) is 10.0 Å². The largest absolute Gasteiger partial charge is 0.334 e. The molecule has 0 spiro atoms. The number of benzene rings is 2. The Labute approximate surface area is 195 Å². The molecule has 4 nitrogen and oxygen atoms in total. The summed E-state index contributed by atoms with van der Waals surface area (Å²) >= 11 is 12.2. The van der Waals surface area contributed by atoms with Crippen molar-refractivity contribution in [3.05, 3.63) is 69.7 Å². The summed E-state index contributed by atoms with van der Waals surface area (Å²) in [6.07, 6.45) is 6.94. The lowest BCUT2D eigenvalue weighted by Crippen LogP contribution is -2.53. The second-order valence-electron chi connectivity index (χ2n) is 8.83. The molecule has 31 heavy (non-hydrogen) atoms. The summed E-state index contributed by atoms with van der Waals surface area (Å²) < 4.78 is 0. The van der Waals surface area contributed by atoms with Crippen molar-refractivity contribution in [2.24, 2.45) is 5.92 Å². The van der Waals surface area contributed by atoms with Gasteiger partial charge in [0.05, 0.1) is 0 Å². The standard InChI is InChI=1S/C25H31Cl2N3O/c26-21-10-8-18(9-11-21)16-19-12-14-30(15-13-19)24-7-3-6-23(24)29-25(31)28-17-20-4-1-2-5-22(20)27/h1-2,4-5,8-11,19,23-24H,3,6-7,12-17H2,(H2,28,29,31)/t23-,24-/m1/s1. The van der Waals surface area contributed by atoms with Gasteiger partial charge in [0, 0.05) is 28.7 Å². The summed E-state index contributed by atoms with van der Waals surface area (Å²) in [5, 5.41) is 7.67. The van der Waals surface area contributed by atoms with Crippen molar-refractivity contribution < 1.29 is 4.79 Å². The molecular weight excluding hydrogens is 429 g/mol. The van der Waals surface area contributed by atoms with E-state index in [2.05, 4.69) is 27.7 Å². The first-order valence-corrected chi connectivity index (χ1v) is 12.1. The van der Waals surface area contributed by atoms with Gasteiger partial charge in [0.2, 0.25) is 0 Å². The Morgan fingerprint density at radius 2 is 1.71 bits per heavy atom. The molecule has 2 atom stereocenters. The number of hydrogen-bond donors (Lipinski definition) is 2. The smallest absolute Gasteiger partial charge is 0.315 e. The maximum absolute atomic E-state index is 12.5. The van der Waals surface area contributed by atoms with Crippen LogP contribution < -0.4 is 10.6 Å². The molecule has 1 aliphatic carbocycles. The van der Waals surface area contributed by atoms with Crippen LogP contribution in [0.4, 0.5) is 4.79 Å². The minimum atomic E-state index is -0.102. The van der Waals surface area contributed by atoms with Crippen LogP contribution in [0.25, 0.3) is 0 Å². The number of carbonyl (C=O) groups excluding carboxylic acids is 1. The molecule has 2 aromatic rings. The van der Waals surface area contributed by atoms with E-state index < -0.39 is 0 Å². The Morgan fingerprint density at radius 1 is 0.968 bits per heavy atom. The SMILES string of the molecule is O=C(NCc1ccccc1Cl)N[C@@H]1CCC[C@H]1N1CCC(Cc2ccc(Cl)cc2)CC1. The van der Waals surface area contributed by atoms with E-state index in [-0.39, 0.29) is 12.1 Å². The third-order valence-electron chi connectivity index (χ3n) is 6.75. The number of hydrogen-bond acceptors (Lipinski definition) is 2.